The topological polar surface area (TPSA) is 55.1 Å². The summed E-state index contributed by atoms with van der Waals surface area (Å²) in [5.74, 6) is 1.90. The maximum absolute atomic E-state index is 5.29. The lowest BCUT2D eigenvalue weighted by atomic mass is 9.97. The monoisotopic (exact) mass is 328 g/mol. The SMILES string of the molecule is Cc1noc(C)c1CN(C)c1ncnc2sc3c(c12)CCCC3. The predicted octanol–water partition coefficient (Wildman–Crippen LogP) is 3.81. The molecule has 0 saturated carbocycles. The van der Waals surface area contributed by atoms with Crippen molar-refractivity contribution < 1.29 is 4.52 Å². The van der Waals surface area contributed by atoms with Crippen LogP contribution >= 0.6 is 11.3 Å². The van der Waals surface area contributed by atoms with Crippen LogP contribution in [0.25, 0.3) is 10.2 Å². The van der Waals surface area contributed by atoms with Crippen LogP contribution in [0.1, 0.15) is 40.3 Å². The quantitative estimate of drug-likeness (QED) is 0.732. The van der Waals surface area contributed by atoms with Crippen LogP contribution in [0, 0.1) is 13.8 Å². The zero-order chi connectivity index (χ0) is 16.0. The van der Waals surface area contributed by atoms with Crippen molar-refractivity contribution in [1.82, 2.24) is 15.1 Å². The van der Waals surface area contributed by atoms with Gasteiger partial charge < -0.3 is 9.42 Å². The molecule has 3 aromatic rings. The minimum absolute atomic E-state index is 0.748. The number of fused-ring (bicyclic) bond motifs is 3. The van der Waals surface area contributed by atoms with Gasteiger partial charge in [-0.05, 0) is 45.1 Å². The van der Waals surface area contributed by atoms with E-state index in [1.807, 2.05) is 25.2 Å². The Hall–Kier alpha value is -1.95. The fourth-order valence-corrected chi connectivity index (χ4v) is 4.63. The van der Waals surface area contributed by atoms with E-state index in [2.05, 4.69) is 27.1 Å². The van der Waals surface area contributed by atoms with Crippen LogP contribution in [0.5, 0.6) is 0 Å². The summed E-state index contributed by atoms with van der Waals surface area (Å²) in [6.45, 7) is 4.70. The number of hydrogen-bond acceptors (Lipinski definition) is 6. The first-order valence-electron chi connectivity index (χ1n) is 8.03. The molecule has 0 unspecified atom stereocenters. The van der Waals surface area contributed by atoms with E-state index < -0.39 is 0 Å². The van der Waals surface area contributed by atoms with Crippen molar-refractivity contribution in [2.45, 2.75) is 46.1 Å². The number of nitrogens with zero attached hydrogens (tertiary/aromatic N) is 4. The lowest BCUT2D eigenvalue weighted by Crippen LogP contribution is -2.19. The summed E-state index contributed by atoms with van der Waals surface area (Å²) in [5, 5.41) is 5.30. The third-order valence-corrected chi connectivity index (χ3v) is 5.87. The van der Waals surface area contributed by atoms with Crippen molar-refractivity contribution in [2.24, 2.45) is 0 Å². The van der Waals surface area contributed by atoms with E-state index in [4.69, 9.17) is 4.52 Å². The second kappa shape index (κ2) is 5.60. The van der Waals surface area contributed by atoms with Crippen LogP contribution in [0.15, 0.2) is 10.9 Å². The van der Waals surface area contributed by atoms with Gasteiger partial charge in [-0.1, -0.05) is 5.16 Å². The van der Waals surface area contributed by atoms with Crippen LogP contribution in [-0.2, 0) is 19.4 Å². The van der Waals surface area contributed by atoms with Gasteiger partial charge in [0.25, 0.3) is 0 Å². The molecule has 0 atom stereocenters. The molecule has 0 bridgehead atoms. The summed E-state index contributed by atoms with van der Waals surface area (Å²) < 4.78 is 5.29. The molecule has 0 fully saturated rings. The Kier molecular flexibility index (Phi) is 3.56. The Labute approximate surface area is 139 Å². The first-order chi connectivity index (χ1) is 11.1. The van der Waals surface area contributed by atoms with E-state index in [-0.39, 0.29) is 0 Å². The van der Waals surface area contributed by atoms with Gasteiger partial charge in [0.15, 0.2) is 0 Å². The fraction of sp³-hybridized carbons (Fsp3) is 0.471. The molecule has 4 rings (SSSR count). The van der Waals surface area contributed by atoms with Crippen molar-refractivity contribution in [3.8, 4) is 0 Å². The molecule has 3 aromatic heterocycles. The molecule has 23 heavy (non-hydrogen) atoms. The molecule has 0 amide bonds. The Morgan fingerprint density at radius 3 is 2.83 bits per heavy atom. The molecular weight excluding hydrogens is 308 g/mol. The van der Waals surface area contributed by atoms with Gasteiger partial charge >= 0.3 is 0 Å². The van der Waals surface area contributed by atoms with Crippen molar-refractivity contribution in [2.75, 3.05) is 11.9 Å². The minimum Gasteiger partial charge on any atom is -0.361 e. The highest BCUT2D eigenvalue weighted by molar-refractivity contribution is 7.19. The van der Waals surface area contributed by atoms with E-state index in [0.717, 1.165) is 40.6 Å². The van der Waals surface area contributed by atoms with Gasteiger partial charge in [0.2, 0.25) is 0 Å². The zero-order valence-electron chi connectivity index (χ0n) is 13.7. The number of aryl methyl sites for hydroxylation is 4. The van der Waals surface area contributed by atoms with E-state index in [1.165, 1.54) is 35.1 Å². The van der Waals surface area contributed by atoms with Gasteiger partial charge in [0.05, 0.1) is 11.1 Å². The molecule has 120 valence electrons. The van der Waals surface area contributed by atoms with Gasteiger partial charge in [-0.2, -0.15) is 0 Å². The van der Waals surface area contributed by atoms with E-state index in [9.17, 15) is 0 Å². The third kappa shape index (κ3) is 2.41. The number of thiophene rings is 1. The number of anilines is 1. The smallest absolute Gasteiger partial charge is 0.141 e. The summed E-state index contributed by atoms with van der Waals surface area (Å²) >= 11 is 1.84. The van der Waals surface area contributed by atoms with E-state index >= 15 is 0 Å². The summed E-state index contributed by atoms with van der Waals surface area (Å²) in [4.78, 5) is 13.9. The molecule has 0 aliphatic heterocycles. The van der Waals surface area contributed by atoms with Crippen molar-refractivity contribution in [3.63, 3.8) is 0 Å². The van der Waals surface area contributed by atoms with Crippen molar-refractivity contribution >= 4 is 27.4 Å². The third-order valence-electron chi connectivity index (χ3n) is 4.67. The summed E-state index contributed by atoms with van der Waals surface area (Å²) in [6, 6.07) is 0. The first-order valence-corrected chi connectivity index (χ1v) is 8.85. The molecule has 0 N–H and O–H groups in total. The Balaban J connectivity index is 1.77. The number of aromatic nitrogens is 3. The Morgan fingerprint density at radius 2 is 2.04 bits per heavy atom. The molecule has 0 radical (unpaired) electrons. The number of rotatable bonds is 3. The predicted molar refractivity (Wildman–Crippen MR) is 92.1 cm³/mol. The Morgan fingerprint density at radius 1 is 1.22 bits per heavy atom. The highest BCUT2D eigenvalue weighted by Crippen LogP contribution is 2.39. The molecule has 5 nitrogen and oxygen atoms in total. The maximum atomic E-state index is 5.29. The van der Waals surface area contributed by atoms with Gasteiger partial charge in [-0.3, -0.25) is 0 Å². The molecule has 6 heteroatoms. The molecule has 3 heterocycles. The molecule has 0 saturated heterocycles. The summed E-state index contributed by atoms with van der Waals surface area (Å²) in [5.41, 5.74) is 3.56. The van der Waals surface area contributed by atoms with Crippen LogP contribution in [-0.4, -0.2) is 22.2 Å². The van der Waals surface area contributed by atoms with Crippen molar-refractivity contribution in [1.29, 1.82) is 0 Å². The average molecular weight is 328 g/mol. The Bertz CT molecular complexity index is 847. The first kappa shape index (κ1) is 14.6. The largest absolute Gasteiger partial charge is 0.361 e. The van der Waals surface area contributed by atoms with E-state index in [1.54, 1.807) is 6.33 Å². The highest BCUT2D eigenvalue weighted by Gasteiger charge is 2.22. The van der Waals surface area contributed by atoms with Gasteiger partial charge in [-0.15, -0.1) is 11.3 Å². The zero-order valence-corrected chi connectivity index (χ0v) is 14.5. The van der Waals surface area contributed by atoms with E-state index in [0.29, 0.717) is 0 Å². The normalized spacial score (nSPS) is 14.2. The lowest BCUT2D eigenvalue weighted by molar-refractivity contribution is 0.392. The van der Waals surface area contributed by atoms with Gasteiger partial charge in [0.1, 0.15) is 22.7 Å². The maximum Gasteiger partial charge on any atom is 0.141 e. The van der Waals surface area contributed by atoms with Gasteiger partial charge in [-0.25, -0.2) is 9.97 Å². The summed E-state index contributed by atoms with van der Waals surface area (Å²) in [6.07, 6.45) is 6.57. The van der Waals surface area contributed by atoms with Crippen molar-refractivity contribution in [3.05, 3.63) is 33.8 Å². The molecule has 1 aliphatic carbocycles. The molecular formula is C17H20N4OS. The van der Waals surface area contributed by atoms with Gasteiger partial charge in [0, 0.05) is 24.0 Å². The second-order valence-electron chi connectivity index (χ2n) is 6.25. The standard InChI is InChI=1S/C17H20N4OS/c1-10-13(11(2)22-20-10)8-21(3)16-15-12-6-4-5-7-14(12)23-17(15)19-9-18-16/h9H,4-8H2,1-3H3. The lowest BCUT2D eigenvalue weighted by Gasteiger charge is -2.20. The molecule has 1 aliphatic rings. The van der Waals surface area contributed by atoms with Crippen LogP contribution in [0.2, 0.25) is 0 Å². The van der Waals surface area contributed by atoms with Crippen LogP contribution < -0.4 is 4.90 Å². The minimum atomic E-state index is 0.748. The van der Waals surface area contributed by atoms with Crippen LogP contribution in [0.3, 0.4) is 0 Å². The molecule has 0 spiro atoms. The van der Waals surface area contributed by atoms with Crippen LogP contribution in [0.4, 0.5) is 5.82 Å². The molecule has 0 aromatic carbocycles. The average Bonchev–Trinajstić information content (AvgIpc) is 3.09. The second-order valence-corrected chi connectivity index (χ2v) is 7.33. The summed E-state index contributed by atoms with van der Waals surface area (Å²) in [7, 11) is 2.08. The highest BCUT2D eigenvalue weighted by atomic mass is 32.1. The fourth-order valence-electron chi connectivity index (χ4n) is 3.40. The number of hydrogen-bond donors (Lipinski definition) is 0.